The van der Waals surface area contributed by atoms with Gasteiger partial charge in [0.05, 0.1) is 19.3 Å². The second-order valence-corrected chi connectivity index (χ2v) is 23.9. The van der Waals surface area contributed by atoms with Gasteiger partial charge >= 0.3 is 5.97 Å². The van der Waals surface area contributed by atoms with E-state index in [0.717, 1.165) is 57.3 Å². The van der Waals surface area contributed by atoms with Crippen LogP contribution >= 0.6 is 0 Å². The minimum absolute atomic E-state index is 0.126. The highest BCUT2D eigenvalue weighted by Crippen LogP contribution is 2.37. The van der Waals surface area contributed by atoms with Crippen molar-refractivity contribution >= 4 is 22.6 Å². The van der Waals surface area contributed by atoms with Gasteiger partial charge < -0.3 is 18.7 Å². The second kappa shape index (κ2) is 17.5. The normalized spacial score (nSPS) is 12.5. The molecule has 0 atom stereocenters. The van der Waals surface area contributed by atoms with Gasteiger partial charge in [0.25, 0.3) is 0 Å². The van der Waals surface area contributed by atoms with Crippen molar-refractivity contribution in [3.63, 3.8) is 0 Å². The Morgan fingerprint density at radius 1 is 0.643 bits per heavy atom. The van der Waals surface area contributed by atoms with Gasteiger partial charge in [0.2, 0.25) is 0 Å². The van der Waals surface area contributed by atoms with Crippen molar-refractivity contribution in [1.82, 2.24) is 0 Å². The number of aliphatic hydroxyl groups excluding tert-OH is 1. The van der Waals surface area contributed by atoms with Crippen molar-refractivity contribution in [1.29, 1.82) is 0 Å². The predicted octanol–water partition coefficient (Wildman–Crippen LogP) is 9.34. The standard InChI is InChI=1S/C18H30O3Si.C17H30O2Si/c1-18(2,3)22(5,6)21-14-8-7-9-15-10-12-16(13-11-15)17(19)20-4;1-17(2,3)20(4,5)19-13-7-6-8-15-9-11-16(14-18)12-10-15/h10-13H,7-9,14H2,1-6H3;9-12,18H,6-8,13-14H2,1-5H3. The molecule has 0 aromatic heterocycles. The number of aryl methyl sites for hydroxylation is 2. The minimum atomic E-state index is -1.61. The minimum Gasteiger partial charge on any atom is -0.465 e. The molecular formula is C35H60O5Si2. The van der Waals surface area contributed by atoms with Crippen LogP contribution in [0.15, 0.2) is 48.5 Å². The van der Waals surface area contributed by atoms with E-state index in [-0.39, 0.29) is 17.6 Å². The number of hydrogen-bond acceptors (Lipinski definition) is 5. The smallest absolute Gasteiger partial charge is 0.337 e. The van der Waals surface area contributed by atoms with Crippen LogP contribution in [0.25, 0.3) is 0 Å². The van der Waals surface area contributed by atoms with E-state index in [1.165, 1.54) is 18.2 Å². The first-order valence-corrected chi connectivity index (χ1v) is 21.4. The summed E-state index contributed by atoms with van der Waals surface area (Å²) < 4.78 is 17.0. The molecule has 0 bridgehead atoms. The van der Waals surface area contributed by atoms with Crippen LogP contribution in [-0.4, -0.2) is 48.0 Å². The summed E-state index contributed by atoms with van der Waals surface area (Å²) in [6, 6.07) is 15.9. The van der Waals surface area contributed by atoms with Crippen LogP contribution in [0.4, 0.5) is 0 Å². The summed E-state index contributed by atoms with van der Waals surface area (Å²) in [4.78, 5) is 11.4. The number of hydrogen-bond donors (Lipinski definition) is 1. The van der Waals surface area contributed by atoms with Gasteiger partial charge in [-0.2, -0.15) is 0 Å². The van der Waals surface area contributed by atoms with Crippen LogP contribution in [0.3, 0.4) is 0 Å². The highest BCUT2D eigenvalue weighted by atomic mass is 28.4. The molecular weight excluding hydrogens is 557 g/mol. The van der Waals surface area contributed by atoms with Gasteiger partial charge in [-0.3, -0.25) is 0 Å². The molecule has 2 aromatic rings. The molecule has 2 rings (SSSR count). The highest BCUT2D eigenvalue weighted by Gasteiger charge is 2.37. The molecule has 0 saturated carbocycles. The highest BCUT2D eigenvalue weighted by molar-refractivity contribution is 6.74. The number of benzene rings is 2. The molecule has 0 heterocycles. The molecule has 0 radical (unpaired) electrons. The lowest BCUT2D eigenvalue weighted by Crippen LogP contribution is -2.40. The third-order valence-electron chi connectivity index (χ3n) is 8.84. The molecule has 0 unspecified atom stereocenters. The Kier molecular flexibility index (Phi) is 15.9. The number of aliphatic hydroxyl groups is 1. The van der Waals surface area contributed by atoms with E-state index >= 15 is 0 Å². The van der Waals surface area contributed by atoms with Crippen molar-refractivity contribution in [2.24, 2.45) is 0 Å². The monoisotopic (exact) mass is 616 g/mol. The van der Waals surface area contributed by atoms with Crippen LogP contribution in [-0.2, 0) is 33.0 Å². The lowest BCUT2D eigenvalue weighted by Gasteiger charge is -2.36. The van der Waals surface area contributed by atoms with Gasteiger partial charge in [-0.25, -0.2) is 4.79 Å². The zero-order valence-corrected chi connectivity index (χ0v) is 30.6. The zero-order valence-electron chi connectivity index (χ0n) is 28.6. The first kappa shape index (κ1) is 38.2. The van der Waals surface area contributed by atoms with Gasteiger partial charge in [-0.05, 0) is 104 Å². The maximum atomic E-state index is 11.4. The van der Waals surface area contributed by atoms with Crippen LogP contribution in [0.5, 0.6) is 0 Å². The van der Waals surface area contributed by atoms with E-state index in [1.54, 1.807) is 0 Å². The lowest BCUT2D eigenvalue weighted by molar-refractivity contribution is 0.0600. The Morgan fingerprint density at radius 3 is 1.33 bits per heavy atom. The Balaban J connectivity index is 0.000000422. The number of esters is 1. The van der Waals surface area contributed by atoms with Crippen LogP contribution in [0, 0.1) is 0 Å². The fraction of sp³-hybridized carbons (Fsp3) is 0.629. The first-order valence-electron chi connectivity index (χ1n) is 15.6. The maximum absolute atomic E-state index is 11.4. The number of rotatable bonds is 14. The van der Waals surface area contributed by atoms with E-state index in [0.29, 0.717) is 10.6 Å². The fourth-order valence-electron chi connectivity index (χ4n) is 3.69. The van der Waals surface area contributed by atoms with Crippen molar-refractivity contribution in [2.75, 3.05) is 20.3 Å². The van der Waals surface area contributed by atoms with Gasteiger partial charge in [0.15, 0.2) is 16.6 Å². The third-order valence-corrected chi connectivity index (χ3v) is 17.9. The topological polar surface area (TPSA) is 65.0 Å². The van der Waals surface area contributed by atoms with Gasteiger partial charge in [0.1, 0.15) is 0 Å². The summed E-state index contributed by atoms with van der Waals surface area (Å²) in [5.74, 6) is -0.283. The summed E-state index contributed by atoms with van der Waals surface area (Å²) in [5, 5.41) is 9.58. The number of carbonyl (C=O) groups excluding carboxylic acids is 1. The zero-order chi connectivity index (χ0) is 32.0. The van der Waals surface area contributed by atoms with Crippen LogP contribution in [0.1, 0.15) is 94.3 Å². The number of methoxy groups -OCH3 is 1. The van der Waals surface area contributed by atoms with E-state index in [1.807, 2.05) is 36.4 Å². The van der Waals surface area contributed by atoms with E-state index in [4.69, 9.17) is 18.7 Å². The van der Waals surface area contributed by atoms with E-state index in [2.05, 4.69) is 79.9 Å². The average Bonchev–Trinajstić information content (AvgIpc) is 2.92. The summed E-state index contributed by atoms with van der Waals surface area (Å²) in [7, 11) is -1.78. The molecule has 0 aliphatic carbocycles. The van der Waals surface area contributed by atoms with E-state index in [9.17, 15) is 4.79 Å². The van der Waals surface area contributed by atoms with Crippen molar-refractivity contribution in [3.05, 3.63) is 70.8 Å². The molecule has 1 N–H and O–H groups in total. The molecule has 0 aliphatic heterocycles. The number of ether oxygens (including phenoxy) is 1. The SMILES string of the molecule is CC(C)(C)[Si](C)(C)OCCCCc1ccc(CO)cc1.COC(=O)c1ccc(CCCCO[Si](C)(C)C(C)(C)C)cc1. The molecule has 7 heteroatoms. The van der Waals surface area contributed by atoms with Crippen molar-refractivity contribution < 1.29 is 23.5 Å². The number of carbonyl (C=O) groups is 1. The van der Waals surface area contributed by atoms with Crippen LogP contribution < -0.4 is 0 Å². The summed E-state index contributed by atoms with van der Waals surface area (Å²) >= 11 is 0. The Morgan fingerprint density at radius 2 is 1.00 bits per heavy atom. The molecule has 238 valence electrons. The molecule has 0 aliphatic rings. The van der Waals surface area contributed by atoms with Gasteiger partial charge in [-0.1, -0.05) is 77.9 Å². The van der Waals surface area contributed by atoms with Crippen molar-refractivity contribution in [2.45, 2.75) is 123 Å². The van der Waals surface area contributed by atoms with Crippen molar-refractivity contribution in [3.8, 4) is 0 Å². The molecule has 2 aromatic carbocycles. The molecule has 0 spiro atoms. The Bertz CT molecular complexity index is 1030. The number of unbranched alkanes of at least 4 members (excludes halogenated alkanes) is 2. The molecule has 0 fully saturated rings. The van der Waals surface area contributed by atoms with Gasteiger partial charge in [-0.15, -0.1) is 0 Å². The molecule has 42 heavy (non-hydrogen) atoms. The van der Waals surface area contributed by atoms with Gasteiger partial charge in [0, 0.05) is 13.2 Å². The Labute approximate surface area is 259 Å². The predicted molar refractivity (Wildman–Crippen MR) is 182 cm³/mol. The maximum Gasteiger partial charge on any atom is 0.337 e. The summed E-state index contributed by atoms with van der Waals surface area (Å²) in [6.07, 6.45) is 6.56. The molecule has 0 amide bonds. The third kappa shape index (κ3) is 13.7. The Hall–Kier alpha value is -1.78. The molecule has 0 saturated heterocycles. The molecule has 5 nitrogen and oxygen atoms in total. The average molecular weight is 617 g/mol. The summed E-state index contributed by atoms with van der Waals surface area (Å²) in [5.41, 5.74) is 4.18. The quantitative estimate of drug-likeness (QED) is 0.130. The lowest BCUT2D eigenvalue weighted by atomic mass is 10.1. The first-order chi connectivity index (χ1) is 19.4. The van der Waals surface area contributed by atoms with Crippen LogP contribution in [0.2, 0.25) is 36.3 Å². The summed E-state index contributed by atoms with van der Waals surface area (Å²) in [6.45, 7) is 24.7. The fourth-order valence-corrected chi connectivity index (χ4v) is 5.86. The van der Waals surface area contributed by atoms with E-state index < -0.39 is 16.6 Å². The second-order valence-electron chi connectivity index (χ2n) is 14.3. The largest absolute Gasteiger partial charge is 0.465 e.